The molecule has 36 heavy (non-hydrogen) atoms. The third kappa shape index (κ3) is 4.98. The van der Waals surface area contributed by atoms with Crippen molar-refractivity contribution in [2.24, 2.45) is 0 Å². The Balaban J connectivity index is 1.51. The molecule has 2 N–H and O–H groups in total. The van der Waals surface area contributed by atoms with Gasteiger partial charge in [0, 0.05) is 25.0 Å². The van der Waals surface area contributed by atoms with Gasteiger partial charge in [0.1, 0.15) is 11.5 Å². The third-order valence-electron chi connectivity index (χ3n) is 6.12. The van der Waals surface area contributed by atoms with Crippen LogP contribution in [0.3, 0.4) is 0 Å². The van der Waals surface area contributed by atoms with Gasteiger partial charge < -0.3 is 5.32 Å². The van der Waals surface area contributed by atoms with Gasteiger partial charge in [-0.05, 0) is 82.6 Å². The lowest BCUT2D eigenvalue weighted by molar-refractivity contribution is 0.0965. The molecule has 1 aliphatic carbocycles. The Morgan fingerprint density at radius 3 is 2.72 bits per heavy atom. The zero-order valence-corrected chi connectivity index (χ0v) is 21.7. The summed E-state index contributed by atoms with van der Waals surface area (Å²) in [6.07, 6.45) is 6.91. The highest BCUT2D eigenvalue weighted by atomic mass is 79.9. The number of carbonyl (C=O) groups is 1. The van der Waals surface area contributed by atoms with E-state index in [4.69, 9.17) is 0 Å². The molecule has 0 saturated heterocycles. The monoisotopic (exact) mass is 571 g/mol. The molecular weight excluding hydrogens is 549 g/mol. The van der Waals surface area contributed by atoms with Crippen LogP contribution in [0, 0.1) is 5.82 Å². The average molecular weight is 572 g/mol. The summed E-state index contributed by atoms with van der Waals surface area (Å²) in [5.41, 5.74) is 3.96. The van der Waals surface area contributed by atoms with Crippen LogP contribution in [0.5, 0.6) is 0 Å². The normalized spacial score (nSPS) is 13.6. The van der Waals surface area contributed by atoms with E-state index < -0.39 is 15.8 Å². The second kappa shape index (κ2) is 9.62. The first-order valence-electron chi connectivity index (χ1n) is 11.4. The van der Waals surface area contributed by atoms with Gasteiger partial charge >= 0.3 is 0 Å². The number of pyridine rings is 2. The number of sulfonamides is 1. The van der Waals surface area contributed by atoms with Gasteiger partial charge in [0.2, 0.25) is 10.0 Å². The molecule has 1 fully saturated rings. The molecule has 0 spiro atoms. The summed E-state index contributed by atoms with van der Waals surface area (Å²) in [7, 11) is -2.19. The number of hydrogen-bond donors (Lipinski definition) is 2. The predicted molar refractivity (Wildman–Crippen MR) is 139 cm³/mol. The standard InChI is InChI=1S/C25H23BrFN5O3S/c1-28-25(33)23-22-12-18(16-5-6-16)21(14-32(22)30-24(23)17-3-2-9-29-13-17)31-36(34,35)10-8-15-4-7-19(26)20(27)11-15/h2-4,7,9,11-14,16,31H,5-6,8,10H2,1H3,(H,28,33). The molecule has 3 aromatic heterocycles. The second-order valence-corrected chi connectivity index (χ2v) is 11.4. The zero-order valence-electron chi connectivity index (χ0n) is 19.3. The van der Waals surface area contributed by atoms with Gasteiger partial charge in [0.15, 0.2) is 0 Å². The summed E-state index contributed by atoms with van der Waals surface area (Å²) < 4.78 is 44.4. The van der Waals surface area contributed by atoms with Crippen LogP contribution in [-0.4, -0.2) is 41.7 Å². The highest BCUT2D eigenvalue weighted by molar-refractivity contribution is 9.10. The molecule has 4 aromatic rings. The van der Waals surface area contributed by atoms with Crippen LogP contribution in [0.15, 0.2) is 59.5 Å². The van der Waals surface area contributed by atoms with Gasteiger partial charge in [0.25, 0.3) is 5.91 Å². The molecule has 0 atom stereocenters. The lowest BCUT2D eigenvalue weighted by atomic mass is 10.0. The van der Waals surface area contributed by atoms with E-state index in [1.54, 1.807) is 43.8 Å². The number of amides is 1. The Morgan fingerprint density at radius 2 is 2.06 bits per heavy atom. The molecule has 3 heterocycles. The van der Waals surface area contributed by atoms with Crippen molar-refractivity contribution in [2.45, 2.75) is 25.2 Å². The van der Waals surface area contributed by atoms with Gasteiger partial charge in [-0.2, -0.15) is 5.10 Å². The van der Waals surface area contributed by atoms with Crippen molar-refractivity contribution >= 4 is 43.1 Å². The largest absolute Gasteiger partial charge is 0.355 e. The van der Waals surface area contributed by atoms with E-state index >= 15 is 0 Å². The number of anilines is 1. The van der Waals surface area contributed by atoms with Crippen molar-refractivity contribution in [1.29, 1.82) is 0 Å². The maximum atomic E-state index is 13.8. The molecule has 1 aromatic carbocycles. The summed E-state index contributed by atoms with van der Waals surface area (Å²) in [4.78, 5) is 17.0. The molecule has 1 aliphatic rings. The number of nitrogens with zero attached hydrogens (tertiary/aromatic N) is 3. The first kappa shape index (κ1) is 24.4. The number of aryl methyl sites for hydroxylation is 1. The molecule has 186 valence electrons. The topological polar surface area (TPSA) is 105 Å². The first-order valence-corrected chi connectivity index (χ1v) is 13.8. The molecule has 8 nitrogen and oxygen atoms in total. The Morgan fingerprint density at radius 1 is 1.25 bits per heavy atom. The SMILES string of the molecule is CNC(=O)c1c(-c2cccnc2)nn2cc(NS(=O)(=O)CCc3ccc(Br)c(F)c3)c(C3CC3)cc12. The zero-order chi connectivity index (χ0) is 25.4. The van der Waals surface area contributed by atoms with Gasteiger partial charge in [-0.25, -0.2) is 17.3 Å². The van der Waals surface area contributed by atoms with Gasteiger partial charge in [-0.1, -0.05) is 6.07 Å². The number of benzene rings is 1. The number of carbonyl (C=O) groups excluding carboxylic acids is 1. The van der Waals surface area contributed by atoms with Crippen LogP contribution in [0.4, 0.5) is 10.1 Å². The highest BCUT2D eigenvalue weighted by Gasteiger charge is 2.30. The first-order chi connectivity index (χ1) is 17.3. The second-order valence-electron chi connectivity index (χ2n) is 8.71. The minimum atomic E-state index is -3.74. The fourth-order valence-corrected chi connectivity index (χ4v) is 5.50. The molecule has 0 aliphatic heterocycles. The third-order valence-corrected chi connectivity index (χ3v) is 8.03. The molecule has 1 amide bonds. The molecule has 1 saturated carbocycles. The van der Waals surface area contributed by atoms with E-state index in [9.17, 15) is 17.6 Å². The van der Waals surface area contributed by atoms with Crippen LogP contribution < -0.4 is 10.0 Å². The fourth-order valence-electron chi connectivity index (χ4n) is 4.14. The minimum Gasteiger partial charge on any atom is -0.355 e. The van der Waals surface area contributed by atoms with Gasteiger partial charge in [-0.15, -0.1) is 0 Å². The lowest BCUT2D eigenvalue weighted by Crippen LogP contribution is -2.20. The number of hydrogen-bond acceptors (Lipinski definition) is 5. The Bertz CT molecular complexity index is 1570. The summed E-state index contributed by atoms with van der Waals surface area (Å²) in [6.45, 7) is 0. The van der Waals surface area contributed by atoms with Gasteiger partial charge in [-0.3, -0.25) is 14.5 Å². The summed E-state index contributed by atoms with van der Waals surface area (Å²) >= 11 is 3.10. The van der Waals surface area contributed by atoms with E-state index in [-0.39, 0.29) is 24.0 Å². The molecule has 0 bridgehead atoms. The Labute approximate surface area is 216 Å². The number of nitrogens with one attached hydrogen (secondary N) is 2. The molecular formula is C25H23BrFN5O3S. The molecule has 0 unspecified atom stereocenters. The van der Waals surface area contributed by atoms with E-state index in [0.717, 1.165) is 18.4 Å². The van der Waals surface area contributed by atoms with Crippen molar-refractivity contribution < 1.29 is 17.6 Å². The number of fused-ring (bicyclic) bond motifs is 1. The van der Waals surface area contributed by atoms with Crippen LogP contribution in [0.25, 0.3) is 16.8 Å². The maximum absolute atomic E-state index is 13.8. The number of halogens is 2. The predicted octanol–water partition coefficient (Wildman–Crippen LogP) is 4.52. The van der Waals surface area contributed by atoms with Crippen LogP contribution >= 0.6 is 15.9 Å². The van der Waals surface area contributed by atoms with Gasteiger partial charge in [0.05, 0.1) is 33.2 Å². The van der Waals surface area contributed by atoms with Crippen LogP contribution in [-0.2, 0) is 16.4 Å². The van der Waals surface area contributed by atoms with E-state index in [2.05, 4.69) is 36.1 Å². The van der Waals surface area contributed by atoms with Crippen LogP contribution in [0.1, 0.15) is 40.2 Å². The van der Waals surface area contributed by atoms with Crippen molar-refractivity contribution in [3.05, 3.63) is 82.0 Å². The maximum Gasteiger partial charge on any atom is 0.255 e. The minimum absolute atomic E-state index is 0.161. The van der Waals surface area contributed by atoms with E-state index in [0.29, 0.717) is 38.1 Å². The van der Waals surface area contributed by atoms with Crippen LogP contribution in [0.2, 0.25) is 0 Å². The molecule has 11 heteroatoms. The Hall–Kier alpha value is -3.31. The molecule has 5 rings (SSSR count). The van der Waals surface area contributed by atoms with Crippen molar-refractivity contribution in [3.63, 3.8) is 0 Å². The lowest BCUT2D eigenvalue weighted by Gasteiger charge is -2.13. The Kier molecular flexibility index (Phi) is 6.52. The fraction of sp³-hybridized carbons (Fsp3) is 0.240. The quantitative estimate of drug-likeness (QED) is 0.323. The average Bonchev–Trinajstić information content (AvgIpc) is 3.64. The van der Waals surface area contributed by atoms with Crippen molar-refractivity contribution in [1.82, 2.24) is 19.9 Å². The number of aromatic nitrogens is 3. The molecule has 0 radical (unpaired) electrons. The van der Waals surface area contributed by atoms with E-state index in [1.165, 1.54) is 10.6 Å². The summed E-state index contributed by atoms with van der Waals surface area (Å²) in [6, 6.07) is 10.00. The summed E-state index contributed by atoms with van der Waals surface area (Å²) in [5, 5.41) is 7.28. The number of rotatable bonds is 8. The highest BCUT2D eigenvalue weighted by Crippen LogP contribution is 2.44. The smallest absolute Gasteiger partial charge is 0.255 e. The van der Waals surface area contributed by atoms with E-state index in [1.807, 2.05) is 12.1 Å². The van der Waals surface area contributed by atoms with Crippen molar-refractivity contribution in [3.8, 4) is 11.3 Å². The summed E-state index contributed by atoms with van der Waals surface area (Å²) in [5.74, 6) is -0.739. The van der Waals surface area contributed by atoms with Crippen molar-refractivity contribution in [2.75, 3.05) is 17.5 Å².